The molecule has 29 heavy (non-hydrogen) atoms. The molecule has 4 nitrogen and oxygen atoms in total. The molecule has 0 spiro atoms. The minimum absolute atomic E-state index is 0.152. The van der Waals surface area contributed by atoms with Crippen molar-refractivity contribution in [2.24, 2.45) is 18.4 Å². The average molecular weight is 404 g/mol. The number of aromatic nitrogens is 2. The summed E-state index contributed by atoms with van der Waals surface area (Å²) in [5.74, 6) is -2.39. The Hall–Kier alpha value is -2.24. The van der Waals surface area contributed by atoms with Crippen LogP contribution in [0.2, 0.25) is 0 Å². The SMILES string of the molecule is Cc1ccc(-c2cnc([C@@H](NC(=O)C3CCC(F)(F)CC3)C(C)(C)C)n2C)cc1. The molecule has 0 bridgehead atoms. The number of nitrogens with zero attached hydrogens (tertiary/aromatic N) is 2. The number of hydrogen-bond acceptors (Lipinski definition) is 2. The Morgan fingerprint density at radius 2 is 1.79 bits per heavy atom. The van der Waals surface area contributed by atoms with Crippen molar-refractivity contribution in [3.63, 3.8) is 0 Å². The zero-order chi connectivity index (χ0) is 21.4. The van der Waals surface area contributed by atoms with Gasteiger partial charge in [-0.15, -0.1) is 0 Å². The maximum atomic E-state index is 13.5. The van der Waals surface area contributed by atoms with Gasteiger partial charge in [-0.3, -0.25) is 4.79 Å². The lowest BCUT2D eigenvalue weighted by Gasteiger charge is -2.34. The molecule has 3 rings (SSSR count). The van der Waals surface area contributed by atoms with Crippen molar-refractivity contribution in [3.8, 4) is 11.3 Å². The highest BCUT2D eigenvalue weighted by Gasteiger charge is 2.39. The van der Waals surface area contributed by atoms with Gasteiger partial charge in [0.2, 0.25) is 11.8 Å². The maximum absolute atomic E-state index is 13.5. The van der Waals surface area contributed by atoms with Crippen LogP contribution in [0.1, 0.15) is 63.9 Å². The Bertz CT molecular complexity index is 855. The van der Waals surface area contributed by atoms with Gasteiger partial charge in [0.05, 0.1) is 17.9 Å². The van der Waals surface area contributed by atoms with Gasteiger partial charge in [0.1, 0.15) is 5.82 Å². The molecule has 1 amide bonds. The monoisotopic (exact) mass is 403 g/mol. The summed E-state index contributed by atoms with van der Waals surface area (Å²) in [6.07, 6.45) is 1.85. The summed E-state index contributed by atoms with van der Waals surface area (Å²) in [5, 5.41) is 3.12. The summed E-state index contributed by atoms with van der Waals surface area (Å²) in [6, 6.07) is 7.92. The highest BCUT2D eigenvalue weighted by atomic mass is 19.3. The number of benzene rings is 1. The topological polar surface area (TPSA) is 46.9 Å². The van der Waals surface area contributed by atoms with Crippen molar-refractivity contribution < 1.29 is 13.6 Å². The van der Waals surface area contributed by atoms with E-state index in [0.717, 1.165) is 17.1 Å². The number of imidazole rings is 1. The third-order valence-electron chi connectivity index (χ3n) is 5.87. The van der Waals surface area contributed by atoms with E-state index in [2.05, 4.69) is 34.6 Å². The fourth-order valence-corrected chi connectivity index (χ4v) is 3.92. The van der Waals surface area contributed by atoms with Crippen molar-refractivity contribution in [1.82, 2.24) is 14.9 Å². The maximum Gasteiger partial charge on any atom is 0.248 e. The van der Waals surface area contributed by atoms with Gasteiger partial charge in [0, 0.05) is 25.8 Å². The van der Waals surface area contributed by atoms with Crippen LogP contribution in [-0.2, 0) is 11.8 Å². The fourth-order valence-electron chi connectivity index (χ4n) is 3.92. The second kappa shape index (κ2) is 7.88. The highest BCUT2D eigenvalue weighted by Crippen LogP contribution is 2.38. The van der Waals surface area contributed by atoms with Gasteiger partial charge in [-0.05, 0) is 30.7 Å². The van der Waals surface area contributed by atoms with Crippen LogP contribution >= 0.6 is 0 Å². The molecule has 2 aromatic rings. The number of amides is 1. The van der Waals surface area contributed by atoms with Gasteiger partial charge in [0.25, 0.3) is 0 Å². The molecule has 1 aliphatic carbocycles. The van der Waals surface area contributed by atoms with E-state index >= 15 is 0 Å². The van der Waals surface area contributed by atoms with Crippen molar-refractivity contribution >= 4 is 5.91 Å². The molecule has 1 heterocycles. The molecule has 1 N–H and O–H groups in total. The van der Waals surface area contributed by atoms with Gasteiger partial charge >= 0.3 is 0 Å². The van der Waals surface area contributed by atoms with E-state index in [0.29, 0.717) is 0 Å². The zero-order valence-electron chi connectivity index (χ0n) is 17.9. The van der Waals surface area contributed by atoms with Gasteiger partial charge < -0.3 is 9.88 Å². The Balaban J connectivity index is 1.83. The van der Waals surface area contributed by atoms with Crippen LogP contribution < -0.4 is 5.32 Å². The van der Waals surface area contributed by atoms with Gasteiger partial charge in [-0.1, -0.05) is 50.6 Å². The Morgan fingerprint density at radius 3 is 2.34 bits per heavy atom. The predicted molar refractivity (Wildman–Crippen MR) is 111 cm³/mol. The van der Waals surface area contributed by atoms with Gasteiger partial charge in [0.15, 0.2) is 0 Å². The summed E-state index contributed by atoms with van der Waals surface area (Å²) >= 11 is 0. The van der Waals surface area contributed by atoms with Crippen molar-refractivity contribution in [1.29, 1.82) is 0 Å². The molecule has 6 heteroatoms. The summed E-state index contributed by atoms with van der Waals surface area (Å²) in [6.45, 7) is 8.19. The first-order chi connectivity index (χ1) is 13.5. The first-order valence-electron chi connectivity index (χ1n) is 10.2. The summed E-state index contributed by atoms with van der Waals surface area (Å²) in [7, 11) is 1.95. The summed E-state index contributed by atoms with van der Waals surface area (Å²) in [4.78, 5) is 17.5. The zero-order valence-corrected chi connectivity index (χ0v) is 17.9. The highest BCUT2D eigenvalue weighted by molar-refractivity contribution is 5.79. The summed E-state index contributed by atoms with van der Waals surface area (Å²) < 4.78 is 28.9. The van der Waals surface area contributed by atoms with Crippen LogP contribution in [0.5, 0.6) is 0 Å². The molecule has 0 saturated heterocycles. The molecule has 0 aliphatic heterocycles. The molecular weight excluding hydrogens is 372 g/mol. The average Bonchev–Trinajstić information content (AvgIpc) is 3.00. The second-order valence-corrected chi connectivity index (χ2v) is 9.36. The van der Waals surface area contributed by atoms with E-state index in [1.165, 1.54) is 5.56 Å². The third-order valence-corrected chi connectivity index (χ3v) is 5.87. The van der Waals surface area contributed by atoms with E-state index in [-0.39, 0.29) is 49.0 Å². The normalized spacial score (nSPS) is 18.4. The summed E-state index contributed by atoms with van der Waals surface area (Å²) in [5.41, 5.74) is 2.94. The quantitative estimate of drug-likeness (QED) is 0.740. The number of carbonyl (C=O) groups is 1. The van der Waals surface area contributed by atoms with Crippen LogP contribution in [0, 0.1) is 18.3 Å². The first kappa shape index (κ1) is 21.5. The number of hydrogen-bond donors (Lipinski definition) is 1. The third kappa shape index (κ3) is 4.85. The smallest absolute Gasteiger partial charge is 0.248 e. The first-order valence-corrected chi connectivity index (χ1v) is 10.2. The molecule has 1 saturated carbocycles. The number of rotatable bonds is 4. The Labute approximate surface area is 171 Å². The van der Waals surface area contributed by atoms with E-state index in [1.54, 1.807) is 0 Å². The lowest BCUT2D eigenvalue weighted by atomic mass is 9.83. The van der Waals surface area contributed by atoms with Crippen LogP contribution in [0.25, 0.3) is 11.3 Å². The molecule has 158 valence electrons. The largest absolute Gasteiger partial charge is 0.345 e. The molecule has 0 unspecified atom stereocenters. The molecule has 1 aromatic heterocycles. The number of alkyl halides is 2. The molecule has 1 aliphatic rings. The van der Waals surface area contributed by atoms with Crippen LogP contribution in [0.4, 0.5) is 8.78 Å². The predicted octanol–water partition coefficient (Wildman–Crippen LogP) is 5.42. The Morgan fingerprint density at radius 1 is 1.21 bits per heavy atom. The van der Waals surface area contributed by atoms with Crippen molar-refractivity contribution in [3.05, 3.63) is 41.9 Å². The number of carbonyl (C=O) groups excluding carboxylic acids is 1. The molecule has 0 radical (unpaired) electrons. The molecule has 1 aromatic carbocycles. The number of aryl methyl sites for hydroxylation is 1. The van der Waals surface area contributed by atoms with Gasteiger partial charge in [-0.2, -0.15) is 0 Å². The van der Waals surface area contributed by atoms with E-state index in [9.17, 15) is 13.6 Å². The van der Waals surface area contributed by atoms with Crippen LogP contribution in [-0.4, -0.2) is 21.4 Å². The number of halogens is 2. The van der Waals surface area contributed by atoms with Crippen LogP contribution in [0.3, 0.4) is 0 Å². The van der Waals surface area contributed by atoms with Gasteiger partial charge in [-0.25, -0.2) is 13.8 Å². The minimum Gasteiger partial charge on any atom is -0.345 e. The van der Waals surface area contributed by atoms with Crippen molar-refractivity contribution in [2.75, 3.05) is 0 Å². The van der Waals surface area contributed by atoms with E-state index in [4.69, 9.17) is 0 Å². The second-order valence-electron chi connectivity index (χ2n) is 9.36. The van der Waals surface area contributed by atoms with Crippen LogP contribution in [0.15, 0.2) is 30.5 Å². The lowest BCUT2D eigenvalue weighted by molar-refractivity contribution is -0.130. The molecule has 1 fully saturated rings. The van der Waals surface area contributed by atoms with Crippen molar-refractivity contribution in [2.45, 2.75) is 65.3 Å². The number of nitrogens with one attached hydrogen (secondary N) is 1. The molecule has 1 atom stereocenters. The standard InChI is InChI=1S/C23H31F2N3O/c1-15-6-8-16(9-7-15)18-14-26-20(28(18)5)19(22(2,3)4)27-21(29)17-10-12-23(24,25)13-11-17/h6-9,14,17,19H,10-13H2,1-5H3,(H,27,29)/t19-/m1/s1. The lowest BCUT2D eigenvalue weighted by Crippen LogP contribution is -2.42. The molecular formula is C23H31F2N3O. The Kier molecular flexibility index (Phi) is 5.84. The minimum atomic E-state index is -2.64. The van der Waals surface area contributed by atoms with E-state index in [1.807, 2.05) is 45.5 Å². The van der Waals surface area contributed by atoms with E-state index < -0.39 is 5.92 Å². The fraction of sp³-hybridized carbons (Fsp3) is 0.565.